The Bertz CT molecular complexity index is 680. The van der Waals surface area contributed by atoms with E-state index in [1.165, 1.54) is 95.6 Å². The Hall–Kier alpha value is -0.980. The number of thiazole rings is 1. The van der Waals surface area contributed by atoms with Crippen LogP contribution < -0.4 is 4.57 Å². The van der Waals surface area contributed by atoms with Crippen molar-refractivity contribution in [3.63, 3.8) is 0 Å². The standard InChI is InChI=1S/C31H56NO4S/c1-3-4-5-6-7-8-9-10-11-12-13-14-15-16-19-22-31-35-25-29(36-31)24-34-30(33)21-18-17-20-23-32-27-37-26-28(32)2/h26-27,29,31H,3-25H2,1-2H3/q+1. The summed E-state index contributed by atoms with van der Waals surface area (Å²) in [6.45, 7) is 6.30. The molecule has 2 heterocycles. The van der Waals surface area contributed by atoms with Crippen molar-refractivity contribution >= 4 is 17.3 Å². The van der Waals surface area contributed by atoms with E-state index in [1.54, 1.807) is 11.3 Å². The monoisotopic (exact) mass is 538 g/mol. The molecular weight excluding hydrogens is 482 g/mol. The average Bonchev–Trinajstić information content (AvgIpc) is 3.53. The second kappa shape index (κ2) is 21.9. The molecule has 37 heavy (non-hydrogen) atoms. The average molecular weight is 539 g/mol. The Morgan fingerprint density at radius 1 is 0.892 bits per heavy atom. The van der Waals surface area contributed by atoms with Crippen molar-refractivity contribution in [2.75, 3.05) is 13.2 Å². The first-order valence-corrected chi connectivity index (χ1v) is 16.5. The van der Waals surface area contributed by atoms with Gasteiger partial charge in [-0.05, 0) is 25.7 Å². The quantitative estimate of drug-likeness (QED) is 0.0752. The number of carbonyl (C=O) groups is 1. The molecule has 1 saturated heterocycles. The van der Waals surface area contributed by atoms with E-state index in [2.05, 4.69) is 29.3 Å². The third-order valence-corrected chi connectivity index (χ3v) is 8.30. The minimum atomic E-state index is -0.122. The van der Waals surface area contributed by atoms with Crippen molar-refractivity contribution in [2.45, 2.75) is 161 Å². The fraction of sp³-hybridized carbons (Fsp3) is 0.871. The van der Waals surface area contributed by atoms with Crippen molar-refractivity contribution < 1.29 is 23.6 Å². The predicted octanol–water partition coefficient (Wildman–Crippen LogP) is 8.45. The Morgan fingerprint density at radius 2 is 1.49 bits per heavy atom. The van der Waals surface area contributed by atoms with Crippen LogP contribution in [0.5, 0.6) is 0 Å². The summed E-state index contributed by atoms with van der Waals surface area (Å²) < 4.78 is 19.4. The van der Waals surface area contributed by atoms with Crippen LogP contribution in [0.2, 0.25) is 0 Å². The van der Waals surface area contributed by atoms with Crippen molar-refractivity contribution in [1.82, 2.24) is 0 Å². The summed E-state index contributed by atoms with van der Waals surface area (Å²) in [6, 6.07) is 0. The molecule has 1 aromatic rings. The van der Waals surface area contributed by atoms with Crippen LogP contribution in [-0.2, 0) is 25.5 Å². The highest BCUT2D eigenvalue weighted by Crippen LogP contribution is 2.19. The molecule has 1 fully saturated rings. The second-order valence-electron chi connectivity index (χ2n) is 10.9. The summed E-state index contributed by atoms with van der Waals surface area (Å²) in [7, 11) is 0. The van der Waals surface area contributed by atoms with Gasteiger partial charge in [-0.3, -0.25) is 4.79 Å². The van der Waals surface area contributed by atoms with E-state index in [4.69, 9.17) is 14.2 Å². The van der Waals surface area contributed by atoms with E-state index < -0.39 is 0 Å². The van der Waals surface area contributed by atoms with Crippen molar-refractivity contribution in [2.24, 2.45) is 0 Å². The molecule has 0 radical (unpaired) electrons. The number of hydrogen-bond acceptors (Lipinski definition) is 5. The third-order valence-electron chi connectivity index (χ3n) is 7.45. The lowest BCUT2D eigenvalue weighted by atomic mass is 10.0. The van der Waals surface area contributed by atoms with Crippen LogP contribution in [0.15, 0.2) is 10.9 Å². The maximum Gasteiger partial charge on any atom is 0.305 e. The number of aryl methyl sites for hydroxylation is 2. The zero-order valence-corrected chi connectivity index (χ0v) is 24.9. The molecule has 2 atom stereocenters. The van der Waals surface area contributed by atoms with E-state index in [-0.39, 0.29) is 18.4 Å². The Morgan fingerprint density at radius 3 is 2.08 bits per heavy atom. The number of esters is 1. The minimum Gasteiger partial charge on any atom is -0.463 e. The van der Waals surface area contributed by atoms with E-state index in [9.17, 15) is 4.79 Å². The number of hydrogen-bond donors (Lipinski definition) is 0. The second-order valence-corrected chi connectivity index (χ2v) is 11.7. The first-order chi connectivity index (χ1) is 18.2. The van der Waals surface area contributed by atoms with E-state index in [0.717, 1.165) is 38.6 Å². The van der Waals surface area contributed by atoms with Crippen LogP contribution in [0.1, 0.15) is 141 Å². The Kier molecular flexibility index (Phi) is 19.1. The fourth-order valence-corrected chi connectivity index (χ4v) is 5.81. The largest absolute Gasteiger partial charge is 0.463 e. The number of carbonyl (C=O) groups excluding carboxylic acids is 1. The van der Waals surface area contributed by atoms with Gasteiger partial charge in [-0.2, -0.15) is 4.57 Å². The third kappa shape index (κ3) is 16.6. The highest BCUT2D eigenvalue weighted by Gasteiger charge is 2.26. The van der Waals surface area contributed by atoms with Gasteiger partial charge in [-0.15, -0.1) is 0 Å². The van der Waals surface area contributed by atoms with Gasteiger partial charge in [-0.25, -0.2) is 0 Å². The smallest absolute Gasteiger partial charge is 0.305 e. The van der Waals surface area contributed by atoms with Gasteiger partial charge in [0.1, 0.15) is 19.3 Å². The molecule has 2 unspecified atom stereocenters. The summed E-state index contributed by atoms with van der Waals surface area (Å²) in [5, 5.41) is 2.16. The van der Waals surface area contributed by atoms with Gasteiger partial charge in [0.25, 0.3) is 0 Å². The zero-order chi connectivity index (χ0) is 26.4. The van der Waals surface area contributed by atoms with Crippen molar-refractivity contribution in [3.05, 3.63) is 16.6 Å². The first kappa shape index (κ1) is 32.2. The van der Waals surface area contributed by atoms with E-state index in [1.807, 2.05) is 0 Å². The molecule has 214 valence electrons. The molecule has 1 aromatic heterocycles. The Balaban J connectivity index is 1.31. The molecular formula is C31H56NO4S+. The molecule has 0 N–H and O–H groups in total. The molecule has 0 spiro atoms. The van der Waals surface area contributed by atoms with Gasteiger partial charge in [0, 0.05) is 19.8 Å². The zero-order valence-electron chi connectivity index (χ0n) is 24.1. The van der Waals surface area contributed by atoms with E-state index in [0.29, 0.717) is 19.6 Å². The molecule has 0 bridgehead atoms. The highest BCUT2D eigenvalue weighted by atomic mass is 32.1. The van der Waals surface area contributed by atoms with Gasteiger partial charge in [-0.1, -0.05) is 108 Å². The lowest BCUT2D eigenvalue weighted by molar-refractivity contribution is -0.698. The van der Waals surface area contributed by atoms with Crippen LogP contribution in [0.3, 0.4) is 0 Å². The number of unbranched alkanes of at least 4 members (excludes halogenated alkanes) is 16. The maximum atomic E-state index is 12.0. The van der Waals surface area contributed by atoms with Crippen LogP contribution in [0.4, 0.5) is 0 Å². The summed E-state index contributed by atoms with van der Waals surface area (Å²) in [5.41, 5.74) is 3.46. The van der Waals surface area contributed by atoms with E-state index >= 15 is 0 Å². The van der Waals surface area contributed by atoms with Gasteiger partial charge < -0.3 is 14.2 Å². The van der Waals surface area contributed by atoms with Crippen LogP contribution >= 0.6 is 11.3 Å². The Labute approximate surface area is 231 Å². The summed E-state index contributed by atoms with van der Waals surface area (Å²) in [4.78, 5) is 12.0. The molecule has 6 heteroatoms. The lowest BCUT2D eigenvalue weighted by Crippen LogP contribution is -2.33. The SMILES string of the molecule is CCCCCCCCCCCCCCCCCC1OCC(COC(=O)CCCCC[n+]2cscc2C)O1. The van der Waals surface area contributed by atoms with Crippen molar-refractivity contribution in [1.29, 1.82) is 0 Å². The molecule has 5 nitrogen and oxygen atoms in total. The molecule has 0 amide bonds. The maximum absolute atomic E-state index is 12.0. The topological polar surface area (TPSA) is 48.6 Å². The summed E-state index contributed by atoms with van der Waals surface area (Å²) in [5.74, 6) is -0.117. The van der Waals surface area contributed by atoms with Gasteiger partial charge in [0.05, 0.1) is 12.0 Å². The fourth-order valence-electron chi connectivity index (χ4n) is 5.00. The molecule has 1 aliphatic heterocycles. The number of aromatic nitrogens is 1. The number of nitrogens with zero attached hydrogens (tertiary/aromatic N) is 1. The summed E-state index contributed by atoms with van der Waals surface area (Å²) in [6.07, 6.45) is 24.9. The minimum absolute atomic E-state index is 0.108. The van der Waals surface area contributed by atoms with Crippen LogP contribution in [0, 0.1) is 6.92 Å². The molecule has 2 rings (SSSR count). The summed E-state index contributed by atoms with van der Waals surface area (Å²) >= 11 is 1.73. The molecule has 1 aliphatic rings. The van der Waals surface area contributed by atoms with Gasteiger partial charge >= 0.3 is 5.97 Å². The number of ether oxygens (including phenoxy) is 3. The van der Waals surface area contributed by atoms with Crippen LogP contribution in [0.25, 0.3) is 0 Å². The normalized spacial score (nSPS) is 17.5. The number of rotatable bonds is 24. The predicted molar refractivity (Wildman–Crippen MR) is 153 cm³/mol. The molecule has 0 saturated carbocycles. The van der Waals surface area contributed by atoms with Gasteiger partial charge in [0.15, 0.2) is 12.0 Å². The van der Waals surface area contributed by atoms with Crippen LogP contribution in [-0.4, -0.2) is 31.6 Å². The lowest BCUT2D eigenvalue weighted by Gasteiger charge is -2.12. The van der Waals surface area contributed by atoms with Gasteiger partial charge in [0.2, 0.25) is 5.51 Å². The first-order valence-electron chi connectivity index (χ1n) is 15.5. The molecule has 0 aromatic carbocycles. The molecule has 0 aliphatic carbocycles. The van der Waals surface area contributed by atoms with Crippen molar-refractivity contribution in [3.8, 4) is 0 Å². The highest BCUT2D eigenvalue weighted by molar-refractivity contribution is 7.07.